The summed E-state index contributed by atoms with van der Waals surface area (Å²) < 4.78 is 0. The Kier molecular flexibility index (Phi) is 4.95. The van der Waals surface area contributed by atoms with E-state index in [9.17, 15) is 9.59 Å². The van der Waals surface area contributed by atoms with Crippen molar-refractivity contribution in [2.75, 3.05) is 6.54 Å². The van der Waals surface area contributed by atoms with Gasteiger partial charge in [0.1, 0.15) is 11.6 Å². The number of amides is 2. The summed E-state index contributed by atoms with van der Waals surface area (Å²) in [6.07, 6.45) is 6.87. The van der Waals surface area contributed by atoms with Gasteiger partial charge in [0.2, 0.25) is 11.8 Å². The first-order valence-electron chi connectivity index (χ1n) is 8.50. The standard InChI is InChI=1S/C17H30N2O2/c1-5-17(4)16(21)19(13(3)15(20)18-17)10-9-14-8-6-7-12(2)11-14/h12-14H,5-11H2,1-4H3,(H,18,20). The lowest BCUT2D eigenvalue weighted by atomic mass is 9.80. The second-order valence-corrected chi connectivity index (χ2v) is 7.28. The Morgan fingerprint density at radius 2 is 2.00 bits per heavy atom. The van der Waals surface area contributed by atoms with Crippen LogP contribution in [0.3, 0.4) is 0 Å². The Morgan fingerprint density at radius 1 is 1.29 bits per heavy atom. The van der Waals surface area contributed by atoms with E-state index in [0.29, 0.717) is 12.3 Å². The van der Waals surface area contributed by atoms with Gasteiger partial charge in [0, 0.05) is 6.54 Å². The Morgan fingerprint density at radius 3 is 2.62 bits per heavy atom. The minimum atomic E-state index is -0.719. The Hall–Kier alpha value is -1.06. The van der Waals surface area contributed by atoms with Crippen molar-refractivity contribution in [3.63, 3.8) is 0 Å². The highest BCUT2D eigenvalue weighted by Crippen LogP contribution is 2.31. The van der Waals surface area contributed by atoms with E-state index in [0.717, 1.165) is 18.9 Å². The molecule has 1 aliphatic carbocycles. The average molecular weight is 294 g/mol. The molecular weight excluding hydrogens is 264 g/mol. The van der Waals surface area contributed by atoms with Gasteiger partial charge in [-0.15, -0.1) is 0 Å². The maximum atomic E-state index is 12.7. The van der Waals surface area contributed by atoms with Crippen molar-refractivity contribution in [2.24, 2.45) is 11.8 Å². The highest BCUT2D eigenvalue weighted by atomic mass is 16.2. The molecule has 4 atom stereocenters. The van der Waals surface area contributed by atoms with Crippen LogP contribution < -0.4 is 5.32 Å². The number of carbonyl (C=O) groups excluding carboxylic acids is 2. The molecule has 0 bridgehead atoms. The first-order chi connectivity index (χ1) is 9.87. The molecule has 120 valence electrons. The summed E-state index contributed by atoms with van der Waals surface area (Å²) in [4.78, 5) is 26.6. The topological polar surface area (TPSA) is 49.4 Å². The largest absolute Gasteiger partial charge is 0.340 e. The third kappa shape index (κ3) is 3.41. The zero-order valence-corrected chi connectivity index (χ0v) is 13.9. The van der Waals surface area contributed by atoms with Crippen molar-refractivity contribution in [3.8, 4) is 0 Å². The minimum Gasteiger partial charge on any atom is -0.340 e. The van der Waals surface area contributed by atoms with Crippen molar-refractivity contribution in [2.45, 2.75) is 77.8 Å². The van der Waals surface area contributed by atoms with Gasteiger partial charge in [-0.2, -0.15) is 0 Å². The molecule has 0 aromatic heterocycles. The van der Waals surface area contributed by atoms with E-state index in [4.69, 9.17) is 0 Å². The number of hydrogen-bond donors (Lipinski definition) is 1. The summed E-state index contributed by atoms with van der Waals surface area (Å²) >= 11 is 0. The molecule has 0 aromatic rings. The Labute approximate surface area is 128 Å². The highest BCUT2D eigenvalue weighted by Gasteiger charge is 2.45. The van der Waals surface area contributed by atoms with Crippen LogP contribution in [0.25, 0.3) is 0 Å². The molecule has 0 radical (unpaired) electrons. The van der Waals surface area contributed by atoms with E-state index in [1.54, 1.807) is 0 Å². The van der Waals surface area contributed by atoms with Gasteiger partial charge < -0.3 is 10.2 Å². The number of rotatable bonds is 4. The van der Waals surface area contributed by atoms with Crippen LogP contribution in [-0.2, 0) is 9.59 Å². The molecule has 1 saturated heterocycles. The summed E-state index contributed by atoms with van der Waals surface area (Å²) in [6, 6.07) is -0.335. The maximum absolute atomic E-state index is 12.7. The zero-order chi connectivity index (χ0) is 15.6. The second-order valence-electron chi connectivity index (χ2n) is 7.28. The third-order valence-corrected chi connectivity index (χ3v) is 5.51. The summed E-state index contributed by atoms with van der Waals surface area (Å²) in [6.45, 7) is 8.68. The van der Waals surface area contributed by atoms with Gasteiger partial charge in [0.25, 0.3) is 0 Å². The molecule has 2 rings (SSSR count). The lowest BCUT2D eigenvalue weighted by Gasteiger charge is -2.43. The normalized spacial score (nSPS) is 37.5. The number of carbonyl (C=O) groups is 2. The van der Waals surface area contributed by atoms with Crippen molar-refractivity contribution < 1.29 is 9.59 Å². The zero-order valence-electron chi connectivity index (χ0n) is 13.9. The average Bonchev–Trinajstić information content (AvgIpc) is 2.45. The summed E-state index contributed by atoms with van der Waals surface area (Å²) in [5.41, 5.74) is -0.719. The maximum Gasteiger partial charge on any atom is 0.248 e. The second kappa shape index (κ2) is 6.37. The molecule has 0 spiro atoms. The number of nitrogens with one attached hydrogen (secondary N) is 1. The van der Waals surface area contributed by atoms with Crippen LogP contribution in [0.15, 0.2) is 0 Å². The lowest BCUT2D eigenvalue weighted by Crippen LogP contribution is -2.68. The molecule has 2 aliphatic rings. The lowest BCUT2D eigenvalue weighted by molar-refractivity contribution is -0.154. The predicted octanol–water partition coefficient (Wildman–Crippen LogP) is 2.72. The first-order valence-corrected chi connectivity index (χ1v) is 8.50. The number of piperazine rings is 1. The van der Waals surface area contributed by atoms with E-state index >= 15 is 0 Å². The molecule has 4 nitrogen and oxygen atoms in total. The summed E-state index contributed by atoms with van der Waals surface area (Å²) in [5.74, 6) is 1.59. The van der Waals surface area contributed by atoms with Crippen LogP contribution in [0, 0.1) is 11.8 Å². The SMILES string of the molecule is CCC1(C)NC(=O)C(C)N(CCC2CCCC(C)C2)C1=O. The fourth-order valence-electron chi connectivity index (χ4n) is 3.74. The van der Waals surface area contributed by atoms with Gasteiger partial charge in [-0.05, 0) is 44.9 Å². The highest BCUT2D eigenvalue weighted by molar-refractivity contribution is 5.99. The minimum absolute atomic E-state index is 0.0176. The van der Waals surface area contributed by atoms with Gasteiger partial charge in [0.05, 0.1) is 0 Å². The monoisotopic (exact) mass is 294 g/mol. The molecule has 1 saturated carbocycles. The molecule has 0 aromatic carbocycles. The van der Waals surface area contributed by atoms with Gasteiger partial charge >= 0.3 is 0 Å². The van der Waals surface area contributed by atoms with Crippen LogP contribution in [0.1, 0.15) is 66.2 Å². The fraction of sp³-hybridized carbons (Fsp3) is 0.882. The first kappa shape index (κ1) is 16.3. The van der Waals surface area contributed by atoms with Crippen molar-refractivity contribution in [1.29, 1.82) is 0 Å². The number of hydrogen-bond acceptors (Lipinski definition) is 2. The molecule has 21 heavy (non-hydrogen) atoms. The van der Waals surface area contributed by atoms with Crippen LogP contribution in [0.5, 0.6) is 0 Å². The smallest absolute Gasteiger partial charge is 0.248 e. The van der Waals surface area contributed by atoms with E-state index in [2.05, 4.69) is 12.2 Å². The molecule has 2 amide bonds. The van der Waals surface area contributed by atoms with Gasteiger partial charge in [0.15, 0.2) is 0 Å². The quantitative estimate of drug-likeness (QED) is 0.866. The van der Waals surface area contributed by atoms with E-state index in [1.165, 1.54) is 25.7 Å². The van der Waals surface area contributed by atoms with Crippen molar-refractivity contribution in [1.82, 2.24) is 10.2 Å². The fourth-order valence-corrected chi connectivity index (χ4v) is 3.74. The molecular formula is C17H30N2O2. The number of nitrogens with zero attached hydrogens (tertiary/aromatic N) is 1. The summed E-state index contributed by atoms with van der Waals surface area (Å²) in [7, 11) is 0. The van der Waals surface area contributed by atoms with Gasteiger partial charge in [-0.25, -0.2) is 0 Å². The van der Waals surface area contributed by atoms with Crippen LogP contribution in [0.2, 0.25) is 0 Å². The predicted molar refractivity (Wildman–Crippen MR) is 83.8 cm³/mol. The van der Waals surface area contributed by atoms with Crippen LogP contribution in [-0.4, -0.2) is 34.8 Å². The molecule has 4 heteroatoms. The van der Waals surface area contributed by atoms with E-state index in [1.807, 2.05) is 25.7 Å². The van der Waals surface area contributed by atoms with Gasteiger partial charge in [-0.3, -0.25) is 9.59 Å². The Bertz CT molecular complexity index is 410. The summed E-state index contributed by atoms with van der Waals surface area (Å²) in [5, 5.41) is 2.89. The van der Waals surface area contributed by atoms with Crippen LogP contribution >= 0.6 is 0 Å². The molecule has 4 unspecified atom stereocenters. The Balaban J connectivity index is 1.99. The molecule has 1 heterocycles. The van der Waals surface area contributed by atoms with Crippen LogP contribution in [0.4, 0.5) is 0 Å². The third-order valence-electron chi connectivity index (χ3n) is 5.51. The molecule has 1 aliphatic heterocycles. The van der Waals surface area contributed by atoms with Gasteiger partial charge in [-0.1, -0.05) is 33.1 Å². The molecule has 1 N–H and O–H groups in total. The molecule has 2 fully saturated rings. The van der Waals surface area contributed by atoms with Crippen molar-refractivity contribution >= 4 is 11.8 Å². The van der Waals surface area contributed by atoms with E-state index in [-0.39, 0.29) is 17.9 Å². The van der Waals surface area contributed by atoms with Crippen molar-refractivity contribution in [3.05, 3.63) is 0 Å². The van der Waals surface area contributed by atoms with E-state index < -0.39 is 5.54 Å².